The average Bonchev–Trinajstić information content (AvgIpc) is 3.39. The molecule has 1 N–H and O–H groups in total. The number of nitriles is 1. The number of nitrogens with zero attached hydrogens (tertiary/aromatic N) is 2. The third-order valence-electron chi connectivity index (χ3n) is 5.72. The van der Waals surface area contributed by atoms with E-state index in [2.05, 4.69) is 11.4 Å². The lowest BCUT2D eigenvalue weighted by molar-refractivity contribution is -0.119. The van der Waals surface area contributed by atoms with Crippen LogP contribution < -0.4 is 5.32 Å². The molecule has 1 saturated heterocycles. The third-order valence-corrected chi connectivity index (χ3v) is 8.84. The van der Waals surface area contributed by atoms with Crippen molar-refractivity contribution in [2.45, 2.75) is 43.4 Å². The van der Waals surface area contributed by atoms with E-state index in [4.69, 9.17) is 4.74 Å². The van der Waals surface area contributed by atoms with Gasteiger partial charge in [0.1, 0.15) is 21.8 Å². The Bertz CT molecular complexity index is 1240. The van der Waals surface area contributed by atoms with E-state index in [1.165, 1.54) is 15.6 Å². The van der Waals surface area contributed by atoms with E-state index >= 15 is 0 Å². The molecule has 1 amide bonds. The van der Waals surface area contributed by atoms with Gasteiger partial charge in [0, 0.05) is 18.0 Å². The zero-order valence-corrected chi connectivity index (χ0v) is 19.4. The number of fused-ring (bicyclic) bond motifs is 1. The van der Waals surface area contributed by atoms with Crippen molar-refractivity contribution in [2.75, 3.05) is 25.0 Å². The van der Waals surface area contributed by atoms with Crippen LogP contribution in [-0.4, -0.2) is 44.3 Å². The normalized spacial score (nSPS) is 16.1. The highest BCUT2D eigenvalue weighted by atomic mass is 32.2. The number of benzene rings is 1. The second-order valence-corrected chi connectivity index (χ2v) is 10.9. The van der Waals surface area contributed by atoms with Crippen LogP contribution >= 0.6 is 11.3 Å². The van der Waals surface area contributed by atoms with Crippen molar-refractivity contribution in [1.82, 2.24) is 4.31 Å². The van der Waals surface area contributed by atoms with Crippen molar-refractivity contribution in [3.05, 3.63) is 45.6 Å². The highest BCUT2D eigenvalue weighted by Gasteiger charge is 2.30. The average molecular weight is 492 g/mol. The number of hydrogen-bond acceptors (Lipinski definition) is 7. The lowest BCUT2D eigenvalue weighted by atomic mass is 10.1. The molecule has 33 heavy (non-hydrogen) atoms. The number of sulfonamides is 1. The predicted octanol–water partition coefficient (Wildman–Crippen LogP) is 3.22. The van der Waals surface area contributed by atoms with Crippen LogP contribution in [0.4, 0.5) is 9.39 Å². The molecule has 174 valence electrons. The van der Waals surface area contributed by atoms with Crippen LogP contribution in [0.2, 0.25) is 0 Å². The van der Waals surface area contributed by atoms with Gasteiger partial charge in [0.15, 0.2) is 6.61 Å². The van der Waals surface area contributed by atoms with Gasteiger partial charge < -0.3 is 10.1 Å². The molecule has 1 fully saturated rings. The maximum atomic E-state index is 14.3. The first-order valence-corrected chi connectivity index (χ1v) is 12.9. The number of esters is 1. The van der Waals surface area contributed by atoms with Crippen LogP contribution in [-0.2, 0) is 32.4 Å². The van der Waals surface area contributed by atoms with Crippen molar-refractivity contribution >= 4 is 38.2 Å². The zero-order chi connectivity index (χ0) is 23.6. The standard InChI is InChI=1S/C22H22FN3O5S2/c23-17-8-7-14(11-19(17)33(29,30)26-9-2-1-3-10-26)22(28)31-13-20(27)25-21-16(12-24)15-5-4-6-18(15)32-21/h7-8,11H,1-6,9-10,13H2,(H,25,27). The quantitative estimate of drug-likeness (QED) is 0.620. The molecule has 1 aliphatic heterocycles. The highest BCUT2D eigenvalue weighted by Crippen LogP contribution is 2.38. The van der Waals surface area contributed by atoms with Crippen molar-refractivity contribution in [3.63, 3.8) is 0 Å². The Labute approximate surface area is 195 Å². The van der Waals surface area contributed by atoms with Crippen molar-refractivity contribution in [1.29, 1.82) is 5.26 Å². The van der Waals surface area contributed by atoms with Gasteiger partial charge in [0.2, 0.25) is 10.0 Å². The number of rotatable bonds is 6. The molecule has 0 saturated carbocycles. The molecule has 11 heteroatoms. The van der Waals surface area contributed by atoms with Crippen LogP contribution in [0.15, 0.2) is 23.1 Å². The third kappa shape index (κ3) is 4.78. The van der Waals surface area contributed by atoms with Crippen LogP contribution in [0.3, 0.4) is 0 Å². The molecule has 0 spiro atoms. The molecule has 0 atom stereocenters. The van der Waals surface area contributed by atoms with Gasteiger partial charge in [-0.25, -0.2) is 17.6 Å². The lowest BCUT2D eigenvalue weighted by Crippen LogP contribution is -2.36. The molecular weight excluding hydrogens is 469 g/mol. The van der Waals surface area contributed by atoms with E-state index < -0.39 is 39.2 Å². The van der Waals surface area contributed by atoms with Gasteiger partial charge >= 0.3 is 5.97 Å². The number of carbonyl (C=O) groups excluding carboxylic acids is 2. The van der Waals surface area contributed by atoms with Crippen LogP contribution in [0.1, 0.15) is 52.0 Å². The number of ether oxygens (including phenoxy) is 1. The summed E-state index contributed by atoms with van der Waals surface area (Å²) >= 11 is 1.34. The summed E-state index contributed by atoms with van der Waals surface area (Å²) in [6.45, 7) is -0.0290. The second kappa shape index (κ2) is 9.59. The number of nitrogens with one attached hydrogen (secondary N) is 1. The summed E-state index contributed by atoms with van der Waals surface area (Å²) in [5, 5.41) is 12.4. The molecule has 2 aromatic rings. The Kier molecular flexibility index (Phi) is 6.78. The van der Waals surface area contributed by atoms with E-state index in [9.17, 15) is 27.7 Å². The highest BCUT2D eigenvalue weighted by molar-refractivity contribution is 7.89. The summed E-state index contributed by atoms with van der Waals surface area (Å²) in [5.41, 5.74) is 1.23. The molecule has 8 nitrogen and oxygen atoms in total. The minimum Gasteiger partial charge on any atom is -0.452 e. The Morgan fingerprint density at radius 1 is 1.18 bits per heavy atom. The van der Waals surface area contributed by atoms with Gasteiger partial charge in [-0.2, -0.15) is 9.57 Å². The first-order valence-electron chi connectivity index (χ1n) is 10.6. The smallest absolute Gasteiger partial charge is 0.338 e. The summed E-state index contributed by atoms with van der Waals surface area (Å²) in [6.07, 6.45) is 4.94. The van der Waals surface area contributed by atoms with Crippen molar-refractivity contribution in [2.24, 2.45) is 0 Å². The SMILES string of the molecule is N#Cc1c(NC(=O)COC(=O)c2ccc(F)c(S(=O)(=O)N3CCCCC3)c2)sc2c1CCC2. The number of hydrogen-bond donors (Lipinski definition) is 1. The van der Waals surface area contributed by atoms with E-state index in [0.29, 0.717) is 36.5 Å². The van der Waals surface area contributed by atoms with Gasteiger partial charge in [-0.3, -0.25) is 4.79 Å². The molecular formula is C22H22FN3O5S2. The van der Waals surface area contributed by atoms with Crippen molar-refractivity contribution < 1.29 is 27.1 Å². The summed E-state index contributed by atoms with van der Waals surface area (Å²) < 4.78 is 46.2. The molecule has 1 aromatic heterocycles. The summed E-state index contributed by atoms with van der Waals surface area (Å²) in [4.78, 5) is 25.2. The monoisotopic (exact) mass is 491 g/mol. The summed E-state index contributed by atoms with van der Waals surface area (Å²) in [6, 6.07) is 5.07. The van der Waals surface area contributed by atoms with Crippen LogP contribution in [0.25, 0.3) is 0 Å². The van der Waals surface area contributed by atoms with E-state index in [1.807, 2.05) is 0 Å². The molecule has 1 aromatic carbocycles. The molecule has 2 aliphatic rings. The summed E-state index contributed by atoms with van der Waals surface area (Å²) in [5.74, 6) is -2.53. The number of aryl methyl sites for hydroxylation is 1. The molecule has 0 unspecified atom stereocenters. The molecule has 0 radical (unpaired) electrons. The fraction of sp³-hybridized carbons (Fsp3) is 0.409. The predicted molar refractivity (Wildman–Crippen MR) is 119 cm³/mol. The molecule has 1 aliphatic carbocycles. The number of amides is 1. The first-order chi connectivity index (χ1) is 15.8. The topological polar surface area (TPSA) is 117 Å². The molecule has 2 heterocycles. The fourth-order valence-electron chi connectivity index (χ4n) is 4.06. The number of carbonyl (C=O) groups is 2. The van der Waals surface area contributed by atoms with Gasteiger partial charge in [0.05, 0.1) is 11.1 Å². The zero-order valence-electron chi connectivity index (χ0n) is 17.7. The Hall–Kier alpha value is -2.81. The van der Waals surface area contributed by atoms with Crippen LogP contribution in [0, 0.1) is 17.1 Å². The maximum absolute atomic E-state index is 14.3. The molecule has 4 rings (SSSR count). The van der Waals surface area contributed by atoms with Crippen LogP contribution in [0.5, 0.6) is 0 Å². The number of thiophene rings is 1. The summed E-state index contributed by atoms with van der Waals surface area (Å²) in [7, 11) is -4.09. The Morgan fingerprint density at radius 2 is 1.94 bits per heavy atom. The van der Waals surface area contributed by atoms with E-state index in [-0.39, 0.29) is 5.56 Å². The molecule has 0 bridgehead atoms. The van der Waals surface area contributed by atoms with Gasteiger partial charge in [-0.15, -0.1) is 11.3 Å². The Morgan fingerprint density at radius 3 is 2.67 bits per heavy atom. The number of piperidine rings is 1. The van der Waals surface area contributed by atoms with E-state index in [1.54, 1.807) is 0 Å². The van der Waals surface area contributed by atoms with Gasteiger partial charge in [-0.1, -0.05) is 6.42 Å². The Balaban J connectivity index is 1.42. The number of halogens is 1. The van der Waals surface area contributed by atoms with Crippen molar-refractivity contribution in [3.8, 4) is 6.07 Å². The first kappa shape index (κ1) is 23.4. The second-order valence-electron chi connectivity index (χ2n) is 7.91. The maximum Gasteiger partial charge on any atom is 0.338 e. The number of anilines is 1. The minimum absolute atomic E-state index is 0.174. The fourth-order valence-corrected chi connectivity index (χ4v) is 6.92. The largest absolute Gasteiger partial charge is 0.452 e. The minimum atomic E-state index is -4.09. The lowest BCUT2D eigenvalue weighted by Gasteiger charge is -2.26. The van der Waals surface area contributed by atoms with Gasteiger partial charge in [-0.05, 0) is 55.9 Å². The van der Waals surface area contributed by atoms with E-state index in [0.717, 1.165) is 54.3 Å². The van der Waals surface area contributed by atoms with Gasteiger partial charge in [0.25, 0.3) is 5.91 Å².